The lowest BCUT2D eigenvalue weighted by molar-refractivity contribution is -0.0895. The van der Waals surface area contributed by atoms with Gasteiger partial charge in [-0.2, -0.15) is 0 Å². The molecule has 1 fully saturated rings. The van der Waals surface area contributed by atoms with Crippen LogP contribution in [-0.2, 0) is 11.2 Å². The first-order chi connectivity index (χ1) is 12.0. The van der Waals surface area contributed by atoms with Crippen LogP contribution in [0.2, 0.25) is 0 Å². The van der Waals surface area contributed by atoms with Crippen molar-refractivity contribution in [3.8, 4) is 5.75 Å². The lowest BCUT2D eigenvalue weighted by atomic mass is 9.92. The molecule has 0 amide bonds. The number of rotatable bonds is 3. The minimum atomic E-state index is -0.286. The van der Waals surface area contributed by atoms with Gasteiger partial charge in [-0.15, -0.1) is 0 Å². The lowest BCUT2D eigenvalue weighted by Gasteiger charge is -2.32. The molecule has 0 spiro atoms. The van der Waals surface area contributed by atoms with Crippen LogP contribution in [0, 0.1) is 6.92 Å². The van der Waals surface area contributed by atoms with Gasteiger partial charge in [0, 0.05) is 6.42 Å². The van der Waals surface area contributed by atoms with Gasteiger partial charge in [-0.05, 0) is 61.1 Å². The largest absolute Gasteiger partial charge is 0.508 e. The number of aromatic hydroxyl groups is 1. The number of hydrogen-bond donors (Lipinski definition) is 2. The molecule has 0 bridgehead atoms. The third kappa shape index (κ3) is 5.32. The first-order valence-corrected chi connectivity index (χ1v) is 9.22. The van der Waals surface area contributed by atoms with E-state index >= 15 is 0 Å². The molecule has 1 aliphatic rings. The maximum atomic E-state index is 9.99. The minimum Gasteiger partial charge on any atom is -0.508 e. The second-order valence-electron chi connectivity index (χ2n) is 6.59. The molecule has 3 heteroatoms. The van der Waals surface area contributed by atoms with Crippen LogP contribution in [0.1, 0.15) is 62.0 Å². The van der Waals surface area contributed by atoms with Crippen molar-refractivity contribution in [2.45, 2.75) is 65.3 Å². The van der Waals surface area contributed by atoms with Crippen LogP contribution in [0.4, 0.5) is 0 Å². The molecule has 3 atom stereocenters. The summed E-state index contributed by atoms with van der Waals surface area (Å²) in [6, 6.07) is 13.8. The molecule has 25 heavy (non-hydrogen) atoms. The lowest BCUT2D eigenvalue weighted by Crippen LogP contribution is -2.29. The average Bonchev–Trinajstić information content (AvgIpc) is 2.60. The monoisotopic (exact) mass is 342 g/mol. The SMILES string of the molecule is CC.Cc1ccc(C2CC(O)CC(C)O2)cc1Cc1ccc(O)cc1. The maximum Gasteiger partial charge on any atom is 0.115 e. The zero-order valence-electron chi connectivity index (χ0n) is 15.7. The van der Waals surface area contributed by atoms with Gasteiger partial charge in [0.05, 0.1) is 18.3 Å². The van der Waals surface area contributed by atoms with Crippen molar-refractivity contribution < 1.29 is 14.9 Å². The van der Waals surface area contributed by atoms with E-state index in [-0.39, 0.29) is 24.1 Å². The third-order valence-corrected chi connectivity index (χ3v) is 4.56. The van der Waals surface area contributed by atoms with Gasteiger partial charge in [0.15, 0.2) is 0 Å². The number of ether oxygens (including phenoxy) is 1. The van der Waals surface area contributed by atoms with Gasteiger partial charge in [-0.25, -0.2) is 0 Å². The van der Waals surface area contributed by atoms with E-state index in [1.165, 1.54) is 16.7 Å². The normalized spacial score (nSPS) is 22.8. The van der Waals surface area contributed by atoms with Gasteiger partial charge in [-0.3, -0.25) is 0 Å². The van der Waals surface area contributed by atoms with E-state index in [0.29, 0.717) is 12.8 Å². The van der Waals surface area contributed by atoms with E-state index in [1.54, 1.807) is 12.1 Å². The third-order valence-electron chi connectivity index (χ3n) is 4.56. The Hall–Kier alpha value is -1.84. The summed E-state index contributed by atoms with van der Waals surface area (Å²) >= 11 is 0. The van der Waals surface area contributed by atoms with Gasteiger partial charge in [0.1, 0.15) is 5.75 Å². The van der Waals surface area contributed by atoms with Crippen LogP contribution < -0.4 is 0 Å². The van der Waals surface area contributed by atoms with Crippen LogP contribution in [-0.4, -0.2) is 22.4 Å². The van der Waals surface area contributed by atoms with E-state index in [0.717, 1.165) is 12.0 Å². The molecule has 1 heterocycles. The summed E-state index contributed by atoms with van der Waals surface area (Å²) in [4.78, 5) is 0. The number of hydrogen-bond acceptors (Lipinski definition) is 3. The standard InChI is InChI=1S/C20H24O3.C2H6/c1-13-3-6-16(20-12-19(22)9-14(2)23-20)11-17(13)10-15-4-7-18(21)8-5-15;1-2/h3-8,11,14,19-22H,9-10,12H2,1-2H3;1-2H3. The van der Waals surface area contributed by atoms with Gasteiger partial charge >= 0.3 is 0 Å². The Balaban J connectivity index is 0.00000109. The van der Waals surface area contributed by atoms with Gasteiger partial charge in [-0.1, -0.05) is 44.2 Å². The van der Waals surface area contributed by atoms with Gasteiger partial charge < -0.3 is 14.9 Å². The molecular formula is C22H30O3. The summed E-state index contributed by atoms with van der Waals surface area (Å²) in [7, 11) is 0. The highest BCUT2D eigenvalue weighted by Gasteiger charge is 2.27. The Morgan fingerprint density at radius 1 is 1.04 bits per heavy atom. The molecular weight excluding hydrogens is 312 g/mol. The van der Waals surface area contributed by atoms with Crippen LogP contribution in [0.15, 0.2) is 42.5 Å². The van der Waals surface area contributed by atoms with Crippen LogP contribution >= 0.6 is 0 Å². The molecule has 0 aromatic heterocycles. The first-order valence-electron chi connectivity index (χ1n) is 9.22. The Bertz CT molecular complexity index is 653. The average molecular weight is 342 g/mol. The molecule has 3 unspecified atom stereocenters. The Morgan fingerprint density at radius 2 is 1.72 bits per heavy atom. The van der Waals surface area contributed by atoms with Crippen LogP contribution in [0.25, 0.3) is 0 Å². The van der Waals surface area contributed by atoms with Crippen molar-refractivity contribution in [2.24, 2.45) is 0 Å². The number of phenols is 1. The van der Waals surface area contributed by atoms with Gasteiger partial charge in [0.2, 0.25) is 0 Å². The molecule has 1 aliphatic heterocycles. The Morgan fingerprint density at radius 3 is 2.36 bits per heavy atom. The van der Waals surface area contributed by atoms with E-state index in [9.17, 15) is 10.2 Å². The fourth-order valence-electron chi connectivity index (χ4n) is 3.25. The second-order valence-corrected chi connectivity index (χ2v) is 6.59. The molecule has 1 saturated heterocycles. The zero-order valence-corrected chi connectivity index (χ0v) is 15.7. The molecule has 2 N–H and O–H groups in total. The number of benzene rings is 2. The molecule has 0 radical (unpaired) electrons. The van der Waals surface area contributed by atoms with Crippen molar-refractivity contribution in [2.75, 3.05) is 0 Å². The topological polar surface area (TPSA) is 49.7 Å². The highest BCUT2D eigenvalue weighted by atomic mass is 16.5. The minimum absolute atomic E-state index is 0.0343. The molecule has 136 valence electrons. The fraction of sp³-hybridized carbons (Fsp3) is 0.455. The van der Waals surface area contributed by atoms with Crippen LogP contribution in [0.3, 0.4) is 0 Å². The van der Waals surface area contributed by atoms with Crippen molar-refractivity contribution >= 4 is 0 Å². The van der Waals surface area contributed by atoms with Crippen molar-refractivity contribution in [3.63, 3.8) is 0 Å². The van der Waals surface area contributed by atoms with Gasteiger partial charge in [0.25, 0.3) is 0 Å². The molecule has 2 aromatic carbocycles. The highest BCUT2D eigenvalue weighted by Crippen LogP contribution is 2.32. The number of aliphatic hydroxyl groups excluding tert-OH is 1. The van der Waals surface area contributed by atoms with E-state index in [4.69, 9.17) is 4.74 Å². The predicted molar refractivity (Wildman–Crippen MR) is 102 cm³/mol. The summed E-state index contributed by atoms with van der Waals surface area (Å²) in [5, 5.41) is 19.4. The van der Waals surface area contributed by atoms with Crippen molar-refractivity contribution in [1.82, 2.24) is 0 Å². The second kappa shape index (κ2) is 9.02. The summed E-state index contributed by atoms with van der Waals surface area (Å²) in [6.07, 6.45) is 1.96. The molecule has 0 aliphatic carbocycles. The van der Waals surface area contributed by atoms with E-state index in [1.807, 2.05) is 32.9 Å². The quantitative estimate of drug-likeness (QED) is 0.832. The number of aryl methyl sites for hydroxylation is 1. The van der Waals surface area contributed by atoms with E-state index < -0.39 is 0 Å². The van der Waals surface area contributed by atoms with Crippen molar-refractivity contribution in [1.29, 1.82) is 0 Å². The smallest absolute Gasteiger partial charge is 0.115 e. The predicted octanol–water partition coefficient (Wildman–Crippen LogP) is 4.92. The molecule has 0 saturated carbocycles. The summed E-state index contributed by atoms with van der Waals surface area (Å²) in [5.41, 5.74) is 4.80. The zero-order chi connectivity index (χ0) is 18.4. The number of phenolic OH excluding ortho intramolecular Hbond substituents is 1. The van der Waals surface area contributed by atoms with Crippen molar-refractivity contribution in [3.05, 3.63) is 64.7 Å². The fourth-order valence-corrected chi connectivity index (χ4v) is 3.25. The Kier molecular flexibility index (Phi) is 7.03. The number of aliphatic hydroxyl groups is 1. The Labute approximate surface area is 151 Å². The highest BCUT2D eigenvalue weighted by molar-refractivity contribution is 5.37. The first kappa shape index (κ1) is 19.5. The van der Waals surface area contributed by atoms with Crippen LogP contribution in [0.5, 0.6) is 5.75 Å². The molecule has 2 aromatic rings. The summed E-state index contributed by atoms with van der Waals surface area (Å²) in [5.74, 6) is 0.290. The maximum absolute atomic E-state index is 9.99. The molecule has 3 nitrogen and oxygen atoms in total. The molecule has 3 rings (SSSR count). The summed E-state index contributed by atoms with van der Waals surface area (Å²) < 4.78 is 6.01. The van der Waals surface area contributed by atoms with E-state index in [2.05, 4.69) is 25.1 Å². The summed E-state index contributed by atoms with van der Waals surface area (Å²) in [6.45, 7) is 8.12.